The Kier molecular flexibility index (Phi) is 11.7. The van der Waals surface area contributed by atoms with Crippen molar-refractivity contribution in [2.24, 2.45) is 5.92 Å². The normalized spacial score (nSPS) is 12.4. The molecule has 1 heterocycles. The largest absolute Gasteiger partial charge is 0.302 e. The second kappa shape index (κ2) is 14.2. The molecule has 200 valence electrons. The summed E-state index contributed by atoms with van der Waals surface area (Å²) < 4.78 is 0. The van der Waals surface area contributed by atoms with Crippen LogP contribution in [0.1, 0.15) is 77.9 Å². The van der Waals surface area contributed by atoms with E-state index in [0.717, 1.165) is 18.0 Å². The predicted molar refractivity (Wildman–Crippen MR) is 160 cm³/mol. The number of ketones is 1. The van der Waals surface area contributed by atoms with E-state index >= 15 is 0 Å². The van der Waals surface area contributed by atoms with E-state index in [1.54, 1.807) is 6.92 Å². The molecule has 1 aromatic heterocycles. The van der Waals surface area contributed by atoms with Crippen LogP contribution in [0.2, 0.25) is 0 Å². The van der Waals surface area contributed by atoms with Crippen molar-refractivity contribution in [2.75, 3.05) is 20.6 Å². The molecule has 0 bridgehead atoms. The smallest absolute Gasteiger partial charge is 0.143 e. The summed E-state index contributed by atoms with van der Waals surface area (Å²) in [7, 11) is 3.75. The highest BCUT2D eigenvalue weighted by Crippen LogP contribution is 2.32. The lowest BCUT2D eigenvalue weighted by atomic mass is 9.89. The van der Waals surface area contributed by atoms with Gasteiger partial charge in [-0.1, -0.05) is 68.1 Å². The highest BCUT2D eigenvalue weighted by atomic mass is 16.1. The molecule has 1 fully saturated rings. The average molecular weight is 501 g/mol. The molecular formula is C34H48N2O. The van der Waals surface area contributed by atoms with Crippen molar-refractivity contribution in [3.63, 3.8) is 0 Å². The molecule has 4 rings (SSSR count). The topological polar surface area (TPSA) is 33.2 Å². The molecule has 1 aliphatic rings. The maximum atomic E-state index is 10.2. The molecule has 1 aliphatic carbocycles. The SMILES string of the molecule is CC(=O)CN(C)C.CCC1CC1.Cc1cc(C)c(Cc2nc(C)cc(C)c2-c2ccccc2C)c(C)c1. The molecule has 0 spiro atoms. The van der Waals surface area contributed by atoms with E-state index in [9.17, 15) is 4.79 Å². The van der Waals surface area contributed by atoms with E-state index in [2.05, 4.69) is 90.9 Å². The number of pyridine rings is 1. The number of aromatic nitrogens is 1. The quantitative estimate of drug-likeness (QED) is 0.342. The molecule has 0 unspecified atom stereocenters. The van der Waals surface area contributed by atoms with Crippen molar-refractivity contribution in [3.05, 3.63) is 87.2 Å². The minimum Gasteiger partial charge on any atom is -0.302 e. The first-order valence-electron chi connectivity index (χ1n) is 13.7. The molecule has 0 radical (unpaired) electrons. The Hall–Kier alpha value is -2.78. The Bertz CT molecular complexity index is 1170. The first-order valence-corrected chi connectivity index (χ1v) is 13.7. The minimum atomic E-state index is 0.213. The van der Waals surface area contributed by atoms with Crippen LogP contribution in [-0.4, -0.2) is 36.3 Å². The van der Waals surface area contributed by atoms with Gasteiger partial charge in [-0.05, 0) is 108 Å². The number of likely N-dealkylation sites (N-methyl/N-ethyl adjacent to an activating group) is 1. The summed E-state index contributed by atoms with van der Waals surface area (Å²) >= 11 is 0. The lowest BCUT2D eigenvalue weighted by Gasteiger charge is -2.18. The van der Waals surface area contributed by atoms with Gasteiger partial charge in [-0.25, -0.2) is 0 Å². The van der Waals surface area contributed by atoms with Gasteiger partial charge >= 0.3 is 0 Å². The molecule has 0 N–H and O–H groups in total. The van der Waals surface area contributed by atoms with Crippen LogP contribution in [0.25, 0.3) is 11.1 Å². The highest BCUT2D eigenvalue weighted by molar-refractivity contribution is 5.77. The molecule has 37 heavy (non-hydrogen) atoms. The van der Waals surface area contributed by atoms with Gasteiger partial charge in [-0.15, -0.1) is 0 Å². The monoisotopic (exact) mass is 500 g/mol. The van der Waals surface area contributed by atoms with Gasteiger partial charge in [0.05, 0.1) is 12.2 Å². The molecular weight excluding hydrogens is 452 g/mol. The number of carbonyl (C=O) groups is 1. The average Bonchev–Trinajstić information content (AvgIpc) is 3.61. The van der Waals surface area contributed by atoms with Crippen LogP contribution < -0.4 is 0 Å². The third-order valence-electron chi connectivity index (χ3n) is 6.83. The number of benzene rings is 2. The Morgan fingerprint density at radius 1 is 0.892 bits per heavy atom. The van der Waals surface area contributed by atoms with E-state index in [-0.39, 0.29) is 5.78 Å². The lowest BCUT2D eigenvalue weighted by Crippen LogP contribution is -2.18. The summed E-state index contributed by atoms with van der Waals surface area (Å²) in [5.74, 6) is 1.35. The Balaban J connectivity index is 0.000000330. The van der Waals surface area contributed by atoms with Crippen molar-refractivity contribution >= 4 is 5.78 Å². The van der Waals surface area contributed by atoms with Crippen molar-refractivity contribution in [2.45, 2.75) is 81.1 Å². The van der Waals surface area contributed by atoms with Gasteiger partial charge in [0.1, 0.15) is 5.78 Å². The molecule has 0 atom stereocenters. The molecule has 0 amide bonds. The molecule has 0 aliphatic heterocycles. The maximum Gasteiger partial charge on any atom is 0.143 e. The van der Waals surface area contributed by atoms with Gasteiger partial charge in [0, 0.05) is 17.7 Å². The lowest BCUT2D eigenvalue weighted by molar-refractivity contribution is -0.117. The predicted octanol–water partition coefficient (Wildman–Crippen LogP) is 8.13. The number of carbonyl (C=O) groups excluding carboxylic acids is 1. The van der Waals surface area contributed by atoms with Gasteiger partial charge in [0.25, 0.3) is 0 Å². The van der Waals surface area contributed by atoms with Crippen LogP contribution >= 0.6 is 0 Å². The van der Waals surface area contributed by atoms with Crippen LogP contribution in [0.4, 0.5) is 0 Å². The summed E-state index contributed by atoms with van der Waals surface area (Å²) in [6, 6.07) is 15.4. The summed E-state index contributed by atoms with van der Waals surface area (Å²) in [6.07, 6.45) is 5.32. The third-order valence-corrected chi connectivity index (χ3v) is 6.83. The van der Waals surface area contributed by atoms with Gasteiger partial charge in [0.2, 0.25) is 0 Å². The van der Waals surface area contributed by atoms with Crippen molar-refractivity contribution < 1.29 is 4.79 Å². The Morgan fingerprint density at radius 2 is 1.49 bits per heavy atom. The number of hydrogen-bond acceptors (Lipinski definition) is 3. The van der Waals surface area contributed by atoms with Crippen LogP contribution in [0, 0.1) is 47.5 Å². The highest BCUT2D eigenvalue weighted by Gasteiger charge is 2.17. The van der Waals surface area contributed by atoms with E-state index < -0.39 is 0 Å². The van der Waals surface area contributed by atoms with E-state index in [0.29, 0.717) is 6.54 Å². The van der Waals surface area contributed by atoms with Crippen LogP contribution in [-0.2, 0) is 11.2 Å². The van der Waals surface area contributed by atoms with Gasteiger partial charge in [-0.2, -0.15) is 0 Å². The Morgan fingerprint density at radius 3 is 1.92 bits per heavy atom. The molecule has 3 aromatic rings. The van der Waals surface area contributed by atoms with E-state index in [1.807, 2.05) is 19.0 Å². The van der Waals surface area contributed by atoms with E-state index in [1.165, 1.54) is 69.5 Å². The zero-order chi connectivity index (χ0) is 27.7. The molecule has 3 heteroatoms. The minimum absolute atomic E-state index is 0.213. The molecule has 0 saturated heterocycles. The second-order valence-electron chi connectivity index (χ2n) is 11.1. The summed E-state index contributed by atoms with van der Waals surface area (Å²) in [5.41, 5.74) is 12.9. The molecule has 3 nitrogen and oxygen atoms in total. The van der Waals surface area contributed by atoms with Gasteiger partial charge in [-0.3, -0.25) is 9.78 Å². The summed E-state index contributed by atoms with van der Waals surface area (Å²) in [6.45, 7) is 17.5. The fourth-order valence-corrected chi connectivity index (χ4v) is 4.89. The van der Waals surface area contributed by atoms with E-state index in [4.69, 9.17) is 4.98 Å². The number of hydrogen-bond donors (Lipinski definition) is 0. The van der Waals surface area contributed by atoms with Crippen molar-refractivity contribution in [1.29, 1.82) is 0 Å². The first kappa shape index (κ1) is 30.4. The number of nitrogens with zero attached hydrogens (tertiary/aromatic N) is 2. The van der Waals surface area contributed by atoms with Crippen LogP contribution in [0.15, 0.2) is 42.5 Å². The van der Waals surface area contributed by atoms with Gasteiger partial charge < -0.3 is 4.90 Å². The number of aryl methyl sites for hydroxylation is 6. The third kappa shape index (κ3) is 9.89. The van der Waals surface area contributed by atoms with Crippen molar-refractivity contribution in [3.8, 4) is 11.1 Å². The van der Waals surface area contributed by atoms with Crippen molar-refractivity contribution in [1.82, 2.24) is 9.88 Å². The number of rotatable bonds is 6. The van der Waals surface area contributed by atoms with Crippen LogP contribution in [0.3, 0.4) is 0 Å². The van der Waals surface area contributed by atoms with Crippen LogP contribution in [0.5, 0.6) is 0 Å². The standard InChI is InChI=1S/C24H27N.C5H11NO.C5H10/c1-15-11-17(3)22(18(4)12-15)14-23-24(19(5)13-20(6)25-23)21-10-8-7-9-16(21)2;1-5(7)4-6(2)3;1-2-5-3-4-5/h7-13H,14H2,1-6H3;4H2,1-3H3;5H,2-4H2,1H3. The summed E-state index contributed by atoms with van der Waals surface area (Å²) in [5, 5.41) is 0. The molecule has 2 aromatic carbocycles. The van der Waals surface area contributed by atoms with Gasteiger partial charge in [0.15, 0.2) is 0 Å². The fourth-order valence-electron chi connectivity index (χ4n) is 4.89. The second-order valence-corrected chi connectivity index (χ2v) is 11.1. The zero-order valence-corrected chi connectivity index (χ0v) is 25.0. The number of Topliss-reactive ketones (excluding diaryl/α,β-unsaturated/α-hetero) is 1. The zero-order valence-electron chi connectivity index (χ0n) is 25.0. The fraction of sp³-hybridized carbons (Fsp3) is 0.471. The summed E-state index contributed by atoms with van der Waals surface area (Å²) in [4.78, 5) is 17.0. The molecule has 1 saturated carbocycles. The Labute approximate surface area is 226 Å². The maximum absolute atomic E-state index is 10.2. The first-order chi connectivity index (χ1) is 17.4.